The van der Waals surface area contributed by atoms with Gasteiger partial charge in [0, 0.05) is 13.2 Å². The number of benzene rings is 3. The van der Waals surface area contributed by atoms with Crippen molar-refractivity contribution in [2.45, 2.75) is 12.5 Å². The first kappa shape index (κ1) is 15.5. The molecule has 0 aliphatic carbocycles. The van der Waals surface area contributed by atoms with Gasteiger partial charge in [-0.3, -0.25) is 0 Å². The molecule has 3 nitrogen and oxygen atoms in total. The fourth-order valence-electron chi connectivity index (χ4n) is 2.79. The Morgan fingerprint density at radius 1 is 0.957 bits per heavy atom. The predicted molar refractivity (Wildman–Crippen MR) is 93.5 cm³/mol. The minimum Gasteiger partial charge on any atom is -0.468 e. The molecule has 0 aliphatic rings. The van der Waals surface area contributed by atoms with Crippen LogP contribution in [0.25, 0.3) is 10.8 Å². The second kappa shape index (κ2) is 7.27. The number of methoxy groups -OCH3 is 1. The van der Waals surface area contributed by atoms with Crippen LogP contribution in [0.5, 0.6) is 5.75 Å². The van der Waals surface area contributed by atoms with E-state index in [1.807, 2.05) is 24.3 Å². The fourth-order valence-corrected chi connectivity index (χ4v) is 2.79. The van der Waals surface area contributed by atoms with Crippen molar-refractivity contribution in [3.05, 3.63) is 77.9 Å². The first-order valence-corrected chi connectivity index (χ1v) is 7.72. The SMILES string of the molecule is COCOc1cccc(C(N)Cc2cccc3ccccc23)c1. The fraction of sp³-hybridized carbons (Fsp3) is 0.200. The summed E-state index contributed by atoms with van der Waals surface area (Å²) in [6, 6.07) is 22.6. The minimum atomic E-state index is -0.0769. The quantitative estimate of drug-likeness (QED) is 0.698. The largest absolute Gasteiger partial charge is 0.468 e. The molecule has 0 spiro atoms. The van der Waals surface area contributed by atoms with Gasteiger partial charge in [0.05, 0.1) is 0 Å². The summed E-state index contributed by atoms with van der Waals surface area (Å²) in [6.45, 7) is 0.238. The Balaban J connectivity index is 1.82. The first-order chi connectivity index (χ1) is 11.3. The van der Waals surface area contributed by atoms with Crippen LogP contribution in [-0.2, 0) is 11.2 Å². The van der Waals surface area contributed by atoms with Gasteiger partial charge in [-0.25, -0.2) is 0 Å². The molecule has 3 aromatic carbocycles. The van der Waals surface area contributed by atoms with E-state index in [1.165, 1.54) is 16.3 Å². The van der Waals surface area contributed by atoms with Crippen molar-refractivity contribution in [2.24, 2.45) is 5.73 Å². The van der Waals surface area contributed by atoms with Gasteiger partial charge in [-0.1, -0.05) is 54.6 Å². The summed E-state index contributed by atoms with van der Waals surface area (Å²) in [7, 11) is 1.61. The van der Waals surface area contributed by atoms with Crippen molar-refractivity contribution in [3.63, 3.8) is 0 Å². The maximum absolute atomic E-state index is 6.43. The van der Waals surface area contributed by atoms with E-state index in [2.05, 4.69) is 42.5 Å². The van der Waals surface area contributed by atoms with E-state index in [-0.39, 0.29) is 12.8 Å². The number of ether oxygens (including phenoxy) is 2. The minimum absolute atomic E-state index is 0.0769. The molecule has 3 rings (SSSR count). The van der Waals surface area contributed by atoms with Gasteiger partial charge < -0.3 is 15.2 Å². The summed E-state index contributed by atoms with van der Waals surface area (Å²) in [5, 5.41) is 2.51. The number of nitrogens with two attached hydrogens (primary N) is 1. The van der Waals surface area contributed by atoms with Gasteiger partial charge in [0.25, 0.3) is 0 Å². The molecule has 3 heteroatoms. The second-order valence-electron chi connectivity index (χ2n) is 5.57. The van der Waals surface area contributed by atoms with Gasteiger partial charge in [0.15, 0.2) is 6.79 Å². The zero-order valence-corrected chi connectivity index (χ0v) is 13.2. The third kappa shape index (κ3) is 3.70. The average molecular weight is 307 g/mol. The standard InChI is InChI=1S/C20H21NO2/c1-22-14-23-18-10-5-9-17(12-18)20(21)13-16-8-4-7-15-6-2-3-11-19(15)16/h2-12,20H,13-14,21H2,1H3. The second-order valence-corrected chi connectivity index (χ2v) is 5.57. The predicted octanol–water partition coefficient (Wildman–Crippen LogP) is 4.07. The molecular formula is C20H21NO2. The summed E-state index contributed by atoms with van der Waals surface area (Å²) in [5.74, 6) is 0.776. The Morgan fingerprint density at radius 3 is 2.61 bits per heavy atom. The highest BCUT2D eigenvalue weighted by molar-refractivity contribution is 5.85. The van der Waals surface area contributed by atoms with Gasteiger partial charge in [-0.2, -0.15) is 0 Å². The molecule has 0 heterocycles. The van der Waals surface area contributed by atoms with Crippen molar-refractivity contribution in [1.82, 2.24) is 0 Å². The number of hydrogen-bond acceptors (Lipinski definition) is 3. The Kier molecular flexibility index (Phi) is 4.91. The lowest BCUT2D eigenvalue weighted by atomic mass is 9.95. The Labute approximate surface area is 136 Å². The van der Waals surface area contributed by atoms with Crippen LogP contribution in [-0.4, -0.2) is 13.9 Å². The van der Waals surface area contributed by atoms with Crippen molar-refractivity contribution in [2.75, 3.05) is 13.9 Å². The van der Waals surface area contributed by atoms with Gasteiger partial charge >= 0.3 is 0 Å². The zero-order chi connectivity index (χ0) is 16.1. The molecule has 118 valence electrons. The van der Waals surface area contributed by atoms with E-state index >= 15 is 0 Å². The van der Waals surface area contributed by atoms with Crippen LogP contribution in [0, 0.1) is 0 Å². The highest BCUT2D eigenvalue weighted by Crippen LogP contribution is 2.25. The van der Waals surface area contributed by atoms with Crippen molar-refractivity contribution in [3.8, 4) is 5.75 Å². The number of hydrogen-bond donors (Lipinski definition) is 1. The monoisotopic (exact) mass is 307 g/mol. The van der Waals surface area contributed by atoms with E-state index < -0.39 is 0 Å². The van der Waals surface area contributed by atoms with Crippen LogP contribution in [0.1, 0.15) is 17.2 Å². The Morgan fingerprint density at radius 2 is 1.74 bits per heavy atom. The summed E-state index contributed by atoms with van der Waals surface area (Å²) in [5.41, 5.74) is 8.75. The van der Waals surface area contributed by atoms with Crippen molar-refractivity contribution in [1.29, 1.82) is 0 Å². The number of fused-ring (bicyclic) bond motifs is 1. The van der Waals surface area contributed by atoms with Crippen LogP contribution >= 0.6 is 0 Å². The smallest absolute Gasteiger partial charge is 0.188 e. The summed E-state index contributed by atoms with van der Waals surface area (Å²) in [6.07, 6.45) is 0.787. The van der Waals surface area contributed by atoms with Gasteiger partial charge in [-0.05, 0) is 40.5 Å². The van der Waals surface area contributed by atoms with Crippen LogP contribution in [0.3, 0.4) is 0 Å². The molecule has 0 saturated carbocycles. The molecule has 1 atom stereocenters. The van der Waals surface area contributed by atoms with Crippen LogP contribution in [0.2, 0.25) is 0 Å². The van der Waals surface area contributed by atoms with Crippen molar-refractivity contribution < 1.29 is 9.47 Å². The van der Waals surface area contributed by atoms with Crippen molar-refractivity contribution >= 4 is 10.8 Å². The van der Waals surface area contributed by atoms with E-state index in [0.29, 0.717) is 0 Å². The Bertz CT molecular complexity index is 780. The molecule has 0 saturated heterocycles. The van der Waals surface area contributed by atoms with E-state index in [4.69, 9.17) is 15.2 Å². The highest BCUT2D eigenvalue weighted by Gasteiger charge is 2.10. The molecule has 23 heavy (non-hydrogen) atoms. The summed E-state index contributed by atoms with van der Waals surface area (Å²) in [4.78, 5) is 0. The maximum atomic E-state index is 6.43. The average Bonchev–Trinajstić information content (AvgIpc) is 2.60. The third-order valence-corrected chi connectivity index (χ3v) is 3.95. The summed E-state index contributed by atoms with van der Waals surface area (Å²) >= 11 is 0. The zero-order valence-electron chi connectivity index (χ0n) is 13.2. The normalized spacial score (nSPS) is 12.3. The van der Waals surface area contributed by atoms with E-state index in [9.17, 15) is 0 Å². The van der Waals surface area contributed by atoms with E-state index in [0.717, 1.165) is 17.7 Å². The van der Waals surface area contributed by atoms with Gasteiger partial charge in [0.2, 0.25) is 0 Å². The van der Waals surface area contributed by atoms with Crippen LogP contribution in [0.15, 0.2) is 66.7 Å². The molecule has 0 aromatic heterocycles. The molecule has 0 aliphatic heterocycles. The topological polar surface area (TPSA) is 44.5 Å². The summed E-state index contributed by atoms with van der Waals surface area (Å²) < 4.78 is 10.4. The van der Waals surface area contributed by atoms with E-state index in [1.54, 1.807) is 7.11 Å². The Hall–Kier alpha value is -2.36. The third-order valence-electron chi connectivity index (χ3n) is 3.95. The van der Waals surface area contributed by atoms with Crippen LogP contribution < -0.4 is 10.5 Å². The highest BCUT2D eigenvalue weighted by atomic mass is 16.7. The molecule has 0 fully saturated rings. The lowest BCUT2D eigenvalue weighted by Crippen LogP contribution is -2.13. The molecule has 3 aromatic rings. The molecule has 1 unspecified atom stereocenters. The van der Waals surface area contributed by atoms with Gasteiger partial charge in [-0.15, -0.1) is 0 Å². The van der Waals surface area contributed by atoms with Gasteiger partial charge in [0.1, 0.15) is 5.75 Å². The number of rotatable bonds is 6. The molecular weight excluding hydrogens is 286 g/mol. The van der Waals surface area contributed by atoms with Crippen LogP contribution in [0.4, 0.5) is 0 Å². The lowest BCUT2D eigenvalue weighted by molar-refractivity contribution is 0.0510. The molecule has 2 N–H and O–H groups in total. The lowest BCUT2D eigenvalue weighted by Gasteiger charge is -2.15. The molecule has 0 bridgehead atoms. The first-order valence-electron chi connectivity index (χ1n) is 7.72. The molecule has 0 radical (unpaired) electrons. The maximum Gasteiger partial charge on any atom is 0.188 e. The molecule has 0 amide bonds.